The minimum atomic E-state index is -0.453. The summed E-state index contributed by atoms with van der Waals surface area (Å²) in [6.45, 7) is 2.53. The Balaban J connectivity index is 1.70. The molecule has 150 valence electrons. The molecule has 3 rings (SSSR count). The third kappa shape index (κ3) is 6.18. The molecule has 0 aliphatic carbocycles. The van der Waals surface area contributed by atoms with Gasteiger partial charge >= 0.3 is 0 Å². The Hall–Kier alpha value is -2.63. The zero-order valence-electron chi connectivity index (χ0n) is 16.2. The predicted octanol–water partition coefficient (Wildman–Crippen LogP) is 6.49. The molecule has 0 unspecified atom stereocenters. The maximum absolute atomic E-state index is 12.5. The summed E-state index contributed by atoms with van der Waals surface area (Å²) in [4.78, 5) is 12.5. The molecule has 1 amide bonds. The second kappa shape index (κ2) is 10.4. The van der Waals surface area contributed by atoms with Crippen molar-refractivity contribution in [2.45, 2.75) is 13.5 Å². The lowest BCUT2D eigenvalue weighted by molar-refractivity contribution is -0.112. The highest BCUT2D eigenvalue weighted by molar-refractivity contribution is 14.1. The molecule has 0 aromatic heterocycles. The van der Waals surface area contributed by atoms with Crippen LogP contribution in [0.3, 0.4) is 0 Å². The van der Waals surface area contributed by atoms with E-state index < -0.39 is 5.91 Å². The zero-order chi connectivity index (χ0) is 21.5. The molecule has 0 radical (unpaired) electrons. The normalized spacial score (nSPS) is 10.9. The highest BCUT2D eigenvalue weighted by atomic mass is 127. The van der Waals surface area contributed by atoms with E-state index in [1.165, 1.54) is 5.56 Å². The van der Waals surface area contributed by atoms with E-state index in [0.717, 1.165) is 24.9 Å². The van der Waals surface area contributed by atoms with Gasteiger partial charge in [-0.05, 0) is 77.0 Å². The van der Waals surface area contributed by atoms with E-state index in [4.69, 9.17) is 4.74 Å². The van der Waals surface area contributed by atoms with Crippen LogP contribution in [0.25, 0.3) is 6.08 Å². The molecular weight excluding hydrogens is 555 g/mol. The zero-order valence-corrected chi connectivity index (χ0v) is 19.9. The van der Waals surface area contributed by atoms with Crippen molar-refractivity contribution in [1.29, 1.82) is 5.26 Å². The Bertz CT molecular complexity index is 1130. The maximum Gasteiger partial charge on any atom is 0.266 e. The number of carbonyl (C=O) groups excluding carboxylic acids is 1. The van der Waals surface area contributed by atoms with E-state index in [-0.39, 0.29) is 5.57 Å². The molecule has 0 aliphatic heterocycles. The predicted molar refractivity (Wildman–Crippen MR) is 131 cm³/mol. The number of benzene rings is 3. The number of aryl methyl sites for hydroxylation is 1. The number of rotatable bonds is 6. The van der Waals surface area contributed by atoms with Crippen LogP contribution in [0.4, 0.5) is 5.69 Å². The van der Waals surface area contributed by atoms with Crippen molar-refractivity contribution in [2.75, 3.05) is 5.32 Å². The van der Waals surface area contributed by atoms with Gasteiger partial charge in [0.1, 0.15) is 24.0 Å². The number of hydrogen-bond acceptors (Lipinski definition) is 3. The number of ether oxygens (including phenoxy) is 1. The van der Waals surface area contributed by atoms with Crippen molar-refractivity contribution in [1.82, 2.24) is 0 Å². The molecule has 0 fully saturated rings. The summed E-state index contributed by atoms with van der Waals surface area (Å²) in [7, 11) is 0. The number of anilines is 1. The van der Waals surface area contributed by atoms with Gasteiger partial charge in [-0.25, -0.2) is 0 Å². The molecule has 6 heteroatoms. The minimum Gasteiger partial charge on any atom is -0.488 e. The topological polar surface area (TPSA) is 62.1 Å². The number of nitriles is 1. The Morgan fingerprint density at radius 2 is 1.93 bits per heavy atom. The van der Waals surface area contributed by atoms with E-state index >= 15 is 0 Å². The van der Waals surface area contributed by atoms with E-state index in [1.807, 2.05) is 55.5 Å². The Morgan fingerprint density at radius 1 is 1.17 bits per heavy atom. The summed E-state index contributed by atoms with van der Waals surface area (Å²) in [6.07, 6.45) is 1.57. The number of nitrogens with one attached hydrogen (secondary N) is 1. The van der Waals surface area contributed by atoms with Crippen LogP contribution in [0.5, 0.6) is 5.75 Å². The first-order valence-electron chi connectivity index (χ1n) is 9.11. The molecule has 30 heavy (non-hydrogen) atoms. The number of hydrogen-bond donors (Lipinski definition) is 1. The summed E-state index contributed by atoms with van der Waals surface area (Å²) >= 11 is 5.55. The smallest absolute Gasteiger partial charge is 0.266 e. The summed E-state index contributed by atoms with van der Waals surface area (Å²) in [5.74, 6) is 0.302. The van der Waals surface area contributed by atoms with Gasteiger partial charge in [0.2, 0.25) is 0 Å². The van der Waals surface area contributed by atoms with Crippen LogP contribution in [0.2, 0.25) is 0 Å². The van der Waals surface area contributed by atoms with Gasteiger partial charge in [0.05, 0.1) is 3.57 Å². The Morgan fingerprint density at radius 3 is 2.60 bits per heavy atom. The fraction of sp³-hybridized carbons (Fsp3) is 0.0833. The lowest BCUT2D eigenvalue weighted by Crippen LogP contribution is -2.13. The van der Waals surface area contributed by atoms with Crippen LogP contribution in [0, 0.1) is 21.8 Å². The van der Waals surface area contributed by atoms with Gasteiger partial charge in [0.25, 0.3) is 5.91 Å². The average molecular weight is 573 g/mol. The van der Waals surface area contributed by atoms with Gasteiger partial charge in [0.15, 0.2) is 0 Å². The molecule has 1 N–H and O–H groups in total. The minimum absolute atomic E-state index is 0.0269. The van der Waals surface area contributed by atoms with Crippen molar-refractivity contribution in [3.05, 3.63) is 97.0 Å². The average Bonchev–Trinajstić information content (AvgIpc) is 2.72. The molecule has 3 aromatic carbocycles. The SMILES string of the molecule is Cc1ccc(COc2ccc(/C=C(/C#N)C(=O)Nc3cccc(Br)c3)cc2I)cc1. The highest BCUT2D eigenvalue weighted by Gasteiger charge is 2.11. The number of nitrogens with zero attached hydrogens (tertiary/aromatic N) is 1. The summed E-state index contributed by atoms with van der Waals surface area (Å²) in [5.41, 5.74) is 3.70. The number of amides is 1. The molecule has 0 saturated carbocycles. The van der Waals surface area contributed by atoms with Gasteiger partial charge in [-0.2, -0.15) is 5.26 Å². The summed E-state index contributed by atoms with van der Waals surface area (Å²) in [6, 6.07) is 23.0. The molecule has 0 spiro atoms. The molecule has 3 aromatic rings. The second-order valence-electron chi connectivity index (χ2n) is 6.60. The van der Waals surface area contributed by atoms with Crippen LogP contribution in [-0.4, -0.2) is 5.91 Å². The first-order chi connectivity index (χ1) is 14.4. The standard InChI is InChI=1S/C24H18BrIN2O2/c1-16-5-7-17(8-6-16)15-30-23-10-9-18(12-22(23)26)11-19(14-27)24(29)28-21-4-2-3-20(25)13-21/h2-13H,15H2,1H3,(H,28,29)/b19-11-. The van der Waals surface area contributed by atoms with Crippen molar-refractivity contribution in [3.8, 4) is 11.8 Å². The summed E-state index contributed by atoms with van der Waals surface area (Å²) < 4.78 is 7.66. The lowest BCUT2D eigenvalue weighted by Gasteiger charge is -2.10. The van der Waals surface area contributed by atoms with E-state index in [0.29, 0.717) is 12.3 Å². The second-order valence-corrected chi connectivity index (χ2v) is 8.68. The quantitative estimate of drug-likeness (QED) is 0.209. The third-order valence-electron chi connectivity index (χ3n) is 4.23. The van der Waals surface area contributed by atoms with Crippen molar-refractivity contribution in [2.24, 2.45) is 0 Å². The lowest BCUT2D eigenvalue weighted by atomic mass is 10.1. The van der Waals surface area contributed by atoms with Gasteiger partial charge in [0, 0.05) is 10.2 Å². The Labute approximate surface area is 197 Å². The van der Waals surface area contributed by atoms with Crippen molar-refractivity contribution in [3.63, 3.8) is 0 Å². The molecule has 0 atom stereocenters. The highest BCUT2D eigenvalue weighted by Crippen LogP contribution is 2.25. The van der Waals surface area contributed by atoms with E-state index in [2.05, 4.69) is 56.0 Å². The maximum atomic E-state index is 12.5. The van der Waals surface area contributed by atoms with Crippen LogP contribution in [0.15, 0.2) is 76.8 Å². The van der Waals surface area contributed by atoms with Crippen LogP contribution < -0.4 is 10.1 Å². The van der Waals surface area contributed by atoms with Gasteiger partial charge in [-0.15, -0.1) is 0 Å². The fourth-order valence-electron chi connectivity index (χ4n) is 2.65. The molecule has 0 aliphatic rings. The van der Waals surface area contributed by atoms with Gasteiger partial charge < -0.3 is 10.1 Å². The first-order valence-corrected chi connectivity index (χ1v) is 11.0. The number of halogens is 2. The third-order valence-corrected chi connectivity index (χ3v) is 5.57. The fourth-order valence-corrected chi connectivity index (χ4v) is 3.74. The first kappa shape index (κ1) is 22.1. The summed E-state index contributed by atoms with van der Waals surface area (Å²) in [5, 5.41) is 12.2. The van der Waals surface area contributed by atoms with Gasteiger partial charge in [-0.1, -0.05) is 57.9 Å². The van der Waals surface area contributed by atoms with Crippen LogP contribution >= 0.6 is 38.5 Å². The largest absolute Gasteiger partial charge is 0.488 e. The molecule has 4 nitrogen and oxygen atoms in total. The van der Waals surface area contributed by atoms with Crippen LogP contribution in [-0.2, 0) is 11.4 Å². The Kier molecular flexibility index (Phi) is 7.66. The number of carbonyl (C=O) groups is 1. The van der Waals surface area contributed by atoms with E-state index in [1.54, 1.807) is 18.2 Å². The molecule has 0 saturated heterocycles. The molecular formula is C24H18BrIN2O2. The van der Waals surface area contributed by atoms with Crippen LogP contribution in [0.1, 0.15) is 16.7 Å². The van der Waals surface area contributed by atoms with Gasteiger partial charge in [-0.3, -0.25) is 4.79 Å². The van der Waals surface area contributed by atoms with Crippen molar-refractivity contribution >= 4 is 56.2 Å². The molecule has 0 heterocycles. The molecule has 0 bridgehead atoms. The van der Waals surface area contributed by atoms with Crippen molar-refractivity contribution < 1.29 is 9.53 Å². The monoisotopic (exact) mass is 572 g/mol. The van der Waals surface area contributed by atoms with E-state index in [9.17, 15) is 10.1 Å².